The molecule has 13 heavy (non-hydrogen) atoms. The lowest BCUT2D eigenvalue weighted by Crippen LogP contribution is -2.20. The van der Waals surface area contributed by atoms with Crippen LogP contribution in [0.2, 0.25) is 0 Å². The summed E-state index contributed by atoms with van der Waals surface area (Å²) in [5, 5.41) is 3.58. The highest BCUT2D eigenvalue weighted by Crippen LogP contribution is 2.21. The molecule has 1 rings (SSSR count). The minimum absolute atomic E-state index is 0.222. The zero-order valence-electron chi connectivity index (χ0n) is 7.04. The van der Waals surface area contributed by atoms with Crippen molar-refractivity contribution < 1.29 is 17.9 Å². The minimum Gasteiger partial charge on any atom is -0.371 e. The van der Waals surface area contributed by atoms with Gasteiger partial charge in [-0.05, 0) is 13.8 Å². The van der Waals surface area contributed by atoms with E-state index in [1.165, 1.54) is 0 Å². The van der Waals surface area contributed by atoms with Crippen LogP contribution in [0.1, 0.15) is 19.9 Å². The molecule has 0 aliphatic heterocycles. The van der Waals surface area contributed by atoms with E-state index in [-0.39, 0.29) is 6.04 Å². The Hall–Kier alpha value is -1.27. The molecule has 0 saturated carbocycles. The zero-order chi connectivity index (χ0) is 10.1. The van der Waals surface area contributed by atoms with Crippen LogP contribution in [0.25, 0.3) is 0 Å². The number of hydrogen-bond donors (Lipinski definition) is 0. The van der Waals surface area contributed by atoms with Gasteiger partial charge in [0.2, 0.25) is 0 Å². The molecule has 0 amide bonds. The molecule has 1 aromatic heterocycles. The predicted octanol–water partition coefficient (Wildman–Crippen LogP) is 1.76. The van der Waals surface area contributed by atoms with Crippen LogP contribution >= 0.6 is 0 Å². The molecule has 0 radical (unpaired) electrons. The first-order valence-corrected chi connectivity index (χ1v) is 3.55. The summed E-state index contributed by atoms with van der Waals surface area (Å²) in [4.78, 5) is 3.33. The quantitative estimate of drug-likeness (QED) is 0.721. The second kappa shape index (κ2) is 3.23. The smallest absolute Gasteiger partial charge is 0.371 e. The predicted molar refractivity (Wildman–Crippen MR) is 37.1 cm³/mol. The van der Waals surface area contributed by atoms with Gasteiger partial charge in [0.1, 0.15) is 6.33 Å². The molecule has 0 fully saturated rings. The second-order valence-electron chi connectivity index (χ2n) is 2.63. The van der Waals surface area contributed by atoms with Gasteiger partial charge in [0.05, 0.1) is 6.04 Å². The van der Waals surface area contributed by atoms with Crippen molar-refractivity contribution >= 4 is 0 Å². The summed E-state index contributed by atoms with van der Waals surface area (Å²) in [6.45, 7) is 3.36. The number of alkyl halides is 3. The molecule has 1 heterocycles. The van der Waals surface area contributed by atoms with E-state index < -0.39 is 12.4 Å². The lowest BCUT2D eigenvalue weighted by Gasteiger charge is -2.10. The fraction of sp³-hybridized carbons (Fsp3) is 0.667. The average Bonchev–Trinajstić information content (AvgIpc) is 2.31. The van der Waals surface area contributed by atoms with Crippen LogP contribution in [0.4, 0.5) is 13.2 Å². The maximum absolute atomic E-state index is 11.8. The molecule has 1 aromatic rings. The number of ether oxygens (including phenoxy) is 1. The first kappa shape index (κ1) is 9.82. The van der Waals surface area contributed by atoms with Crippen molar-refractivity contribution in [2.24, 2.45) is 0 Å². The molecule has 74 valence electrons. The summed E-state index contributed by atoms with van der Waals surface area (Å²) in [5.41, 5.74) is 0. The molecule has 0 aliphatic carbocycles. The highest BCUT2D eigenvalue weighted by Gasteiger charge is 2.33. The molecule has 0 atom stereocenters. The van der Waals surface area contributed by atoms with Crippen molar-refractivity contribution in [1.82, 2.24) is 14.8 Å². The second-order valence-corrected chi connectivity index (χ2v) is 2.63. The van der Waals surface area contributed by atoms with Gasteiger partial charge in [-0.15, -0.1) is 13.2 Å². The third kappa shape index (κ3) is 2.60. The van der Waals surface area contributed by atoms with Crippen molar-refractivity contribution in [2.45, 2.75) is 26.3 Å². The van der Waals surface area contributed by atoms with E-state index in [0.29, 0.717) is 0 Å². The molecule has 0 aliphatic rings. The first-order chi connectivity index (χ1) is 5.90. The molecule has 0 bridgehead atoms. The molecule has 0 N–H and O–H groups in total. The summed E-state index contributed by atoms with van der Waals surface area (Å²) in [6.07, 6.45) is -3.71. The maximum atomic E-state index is 11.8. The minimum atomic E-state index is -4.72. The van der Waals surface area contributed by atoms with E-state index in [9.17, 15) is 13.2 Å². The van der Waals surface area contributed by atoms with Gasteiger partial charge in [-0.25, -0.2) is 4.68 Å². The van der Waals surface area contributed by atoms with Crippen LogP contribution in [0.15, 0.2) is 6.33 Å². The molecule has 4 nitrogen and oxygen atoms in total. The molecule has 0 saturated heterocycles. The lowest BCUT2D eigenvalue weighted by atomic mass is 10.4. The van der Waals surface area contributed by atoms with Crippen LogP contribution < -0.4 is 4.74 Å². The first-order valence-electron chi connectivity index (χ1n) is 3.55. The van der Waals surface area contributed by atoms with Crippen LogP contribution in [0, 0.1) is 0 Å². The molecular weight excluding hydrogens is 187 g/mol. The van der Waals surface area contributed by atoms with Crippen molar-refractivity contribution in [1.29, 1.82) is 0 Å². The monoisotopic (exact) mass is 195 g/mol. The van der Waals surface area contributed by atoms with E-state index >= 15 is 0 Å². The maximum Gasteiger partial charge on any atom is 0.575 e. The highest BCUT2D eigenvalue weighted by molar-refractivity contribution is 4.92. The Bertz CT molecular complexity index is 281. The van der Waals surface area contributed by atoms with Crippen LogP contribution in [0.3, 0.4) is 0 Å². The number of halogens is 3. The van der Waals surface area contributed by atoms with E-state index in [4.69, 9.17) is 0 Å². The Balaban J connectivity index is 2.83. The van der Waals surface area contributed by atoms with Gasteiger partial charge < -0.3 is 4.74 Å². The average molecular weight is 195 g/mol. The number of nitrogens with zero attached hydrogens (tertiary/aromatic N) is 3. The van der Waals surface area contributed by atoms with Gasteiger partial charge in [0.25, 0.3) is 0 Å². The molecule has 0 spiro atoms. The fourth-order valence-electron chi connectivity index (χ4n) is 0.770. The lowest BCUT2D eigenvalue weighted by molar-refractivity contribution is -0.279. The summed E-state index contributed by atoms with van der Waals surface area (Å²) in [6, 6.07) is -0.762. The fourth-order valence-corrected chi connectivity index (χ4v) is 0.770. The van der Waals surface area contributed by atoms with Crippen LogP contribution in [0.5, 0.6) is 6.01 Å². The summed E-state index contributed by atoms with van der Waals surface area (Å²) in [5.74, 6) is 0. The zero-order valence-corrected chi connectivity index (χ0v) is 7.04. The Kier molecular flexibility index (Phi) is 2.44. The Labute approximate surface area is 72.3 Å². The summed E-state index contributed by atoms with van der Waals surface area (Å²) < 4.78 is 39.9. The SMILES string of the molecule is CC(C)n1ncnc1OC(F)(F)F. The van der Waals surface area contributed by atoms with E-state index in [2.05, 4.69) is 14.8 Å². The third-order valence-corrected chi connectivity index (χ3v) is 1.24. The molecular formula is C6H8F3N3O. The van der Waals surface area contributed by atoms with Gasteiger partial charge in [0.15, 0.2) is 0 Å². The Morgan fingerprint density at radius 3 is 2.54 bits per heavy atom. The van der Waals surface area contributed by atoms with Crippen molar-refractivity contribution in [3.05, 3.63) is 6.33 Å². The highest BCUT2D eigenvalue weighted by atomic mass is 19.4. The Morgan fingerprint density at radius 1 is 1.46 bits per heavy atom. The third-order valence-electron chi connectivity index (χ3n) is 1.24. The van der Waals surface area contributed by atoms with E-state index in [1.54, 1.807) is 13.8 Å². The van der Waals surface area contributed by atoms with Gasteiger partial charge in [-0.1, -0.05) is 0 Å². The summed E-state index contributed by atoms with van der Waals surface area (Å²) in [7, 11) is 0. The van der Waals surface area contributed by atoms with Crippen molar-refractivity contribution in [2.75, 3.05) is 0 Å². The van der Waals surface area contributed by atoms with Gasteiger partial charge >= 0.3 is 12.4 Å². The topological polar surface area (TPSA) is 39.9 Å². The molecule has 0 unspecified atom stereocenters. The number of aromatic nitrogens is 3. The number of hydrogen-bond acceptors (Lipinski definition) is 3. The largest absolute Gasteiger partial charge is 0.575 e. The van der Waals surface area contributed by atoms with Crippen molar-refractivity contribution in [3.8, 4) is 6.01 Å². The summed E-state index contributed by atoms with van der Waals surface area (Å²) >= 11 is 0. The van der Waals surface area contributed by atoms with Gasteiger partial charge in [0, 0.05) is 0 Å². The van der Waals surface area contributed by atoms with Gasteiger partial charge in [-0.2, -0.15) is 10.1 Å². The van der Waals surface area contributed by atoms with Crippen LogP contribution in [-0.4, -0.2) is 21.1 Å². The van der Waals surface area contributed by atoms with E-state index in [1.807, 2.05) is 0 Å². The standard InChI is InChI=1S/C6H8F3N3O/c1-4(2)12-5(10-3-11-12)13-6(7,8)9/h3-4H,1-2H3. The van der Waals surface area contributed by atoms with Gasteiger partial charge in [-0.3, -0.25) is 0 Å². The molecule has 7 heteroatoms. The molecule has 0 aromatic carbocycles. The van der Waals surface area contributed by atoms with Crippen LogP contribution in [-0.2, 0) is 0 Å². The normalized spacial score (nSPS) is 12.2. The number of rotatable bonds is 2. The van der Waals surface area contributed by atoms with E-state index in [0.717, 1.165) is 11.0 Å². The van der Waals surface area contributed by atoms with Crippen molar-refractivity contribution in [3.63, 3.8) is 0 Å². The Morgan fingerprint density at radius 2 is 2.08 bits per heavy atom.